The molecule has 2 atom stereocenters. The van der Waals surface area contributed by atoms with Crippen LogP contribution < -0.4 is 4.72 Å². The molecule has 3 aromatic rings. The predicted molar refractivity (Wildman–Crippen MR) is 120 cm³/mol. The number of hydrogen-bond donors (Lipinski definition) is 1. The third-order valence-electron chi connectivity index (χ3n) is 7.30. The van der Waals surface area contributed by atoms with Crippen LogP contribution in [0.5, 0.6) is 0 Å². The van der Waals surface area contributed by atoms with Crippen molar-refractivity contribution in [3.63, 3.8) is 0 Å². The van der Waals surface area contributed by atoms with E-state index in [4.69, 9.17) is 4.52 Å². The lowest BCUT2D eigenvalue weighted by Crippen LogP contribution is -2.39. The van der Waals surface area contributed by atoms with Gasteiger partial charge in [0.1, 0.15) is 12.7 Å². The number of nitrogens with one attached hydrogen (secondary N) is 1. The van der Waals surface area contributed by atoms with Crippen LogP contribution in [0.4, 0.5) is 0 Å². The quantitative estimate of drug-likeness (QED) is 0.558. The van der Waals surface area contributed by atoms with Gasteiger partial charge in [-0.1, -0.05) is 11.6 Å². The van der Waals surface area contributed by atoms with E-state index in [2.05, 4.69) is 25.1 Å². The van der Waals surface area contributed by atoms with E-state index >= 15 is 0 Å². The summed E-state index contributed by atoms with van der Waals surface area (Å²) in [6.07, 6.45) is 12.4. The van der Waals surface area contributed by atoms with Gasteiger partial charge in [0, 0.05) is 23.6 Å². The molecule has 2 heterocycles. The third-order valence-corrected chi connectivity index (χ3v) is 8.89. The van der Waals surface area contributed by atoms with Crippen LogP contribution in [0, 0.1) is 0 Å². The fourth-order valence-corrected chi connectivity index (χ4v) is 6.60. The summed E-state index contributed by atoms with van der Waals surface area (Å²) >= 11 is 0. The van der Waals surface area contributed by atoms with Gasteiger partial charge in [0.25, 0.3) is 0 Å². The fourth-order valence-electron chi connectivity index (χ4n) is 5.04. The van der Waals surface area contributed by atoms with Crippen molar-refractivity contribution in [3.8, 4) is 11.4 Å². The zero-order valence-electron chi connectivity index (χ0n) is 18.4. The second kappa shape index (κ2) is 8.32. The van der Waals surface area contributed by atoms with Crippen molar-refractivity contribution in [2.45, 2.75) is 86.6 Å². The second-order valence-electron chi connectivity index (χ2n) is 9.66. The van der Waals surface area contributed by atoms with Crippen LogP contribution in [0.15, 0.2) is 40.3 Å². The van der Waals surface area contributed by atoms with Crippen molar-refractivity contribution in [2.75, 3.05) is 0 Å². The molecule has 0 spiro atoms. The van der Waals surface area contributed by atoms with Crippen LogP contribution >= 0.6 is 0 Å². The van der Waals surface area contributed by atoms with Crippen molar-refractivity contribution in [1.29, 1.82) is 0 Å². The van der Waals surface area contributed by atoms with Gasteiger partial charge in [-0.25, -0.2) is 13.1 Å². The summed E-state index contributed by atoms with van der Waals surface area (Å²) in [5, 5.41) is 11.9. The van der Waals surface area contributed by atoms with Gasteiger partial charge >= 0.3 is 0 Å². The van der Waals surface area contributed by atoms with Crippen molar-refractivity contribution in [2.24, 2.45) is 0 Å². The molecule has 6 rings (SSSR count). The lowest BCUT2D eigenvalue weighted by Gasteiger charge is -2.30. The molecule has 1 N–H and O–H groups in total. The maximum absolute atomic E-state index is 13.4. The minimum Gasteiger partial charge on any atom is -0.339 e. The highest BCUT2D eigenvalue weighted by Crippen LogP contribution is 2.44. The van der Waals surface area contributed by atoms with E-state index < -0.39 is 10.0 Å². The molecule has 0 aliphatic heterocycles. The minimum atomic E-state index is -3.64. The summed E-state index contributed by atoms with van der Waals surface area (Å²) in [4.78, 5) is 4.96. The van der Waals surface area contributed by atoms with Gasteiger partial charge in [-0.2, -0.15) is 4.98 Å². The average molecular weight is 469 g/mol. The summed E-state index contributed by atoms with van der Waals surface area (Å²) < 4.78 is 37.3. The first-order valence-corrected chi connectivity index (χ1v) is 13.4. The van der Waals surface area contributed by atoms with E-state index in [9.17, 15) is 8.42 Å². The summed E-state index contributed by atoms with van der Waals surface area (Å²) in [5.41, 5.74) is 1.68. The van der Waals surface area contributed by atoms with Crippen molar-refractivity contribution in [3.05, 3.63) is 42.3 Å². The summed E-state index contributed by atoms with van der Waals surface area (Å²) in [6, 6.07) is 5.57. The molecule has 3 fully saturated rings. The van der Waals surface area contributed by atoms with Crippen LogP contribution in [-0.2, 0) is 10.0 Å². The zero-order chi connectivity index (χ0) is 22.4. The molecule has 0 radical (unpaired) electrons. The van der Waals surface area contributed by atoms with E-state index in [-0.39, 0.29) is 18.0 Å². The molecule has 3 aliphatic rings. The number of hydrogen-bond acceptors (Lipinski definition) is 7. The van der Waals surface area contributed by atoms with Gasteiger partial charge in [0.2, 0.25) is 21.7 Å². The first-order chi connectivity index (χ1) is 16.1. The molecule has 1 aromatic carbocycles. The molecular formula is C23H28N6O3S. The molecule has 3 saturated carbocycles. The van der Waals surface area contributed by atoms with Crippen LogP contribution in [-0.4, -0.2) is 39.4 Å². The van der Waals surface area contributed by atoms with Gasteiger partial charge in [0.15, 0.2) is 0 Å². The fraction of sp³-hybridized carbons (Fsp3) is 0.565. The van der Waals surface area contributed by atoms with Gasteiger partial charge in [-0.3, -0.25) is 0 Å². The van der Waals surface area contributed by atoms with Gasteiger partial charge in [0.05, 0.1) is 4.90 Å². The molecule has 0 bridgehead atoms. The van der Waals surface area contributed by atoms with Crippen LogP contribution in [0.1, 0.15) is 87.1 Å². The Labute approximate surface area is 193 Å². The standard InChI is InChI=1S/C23H28N6O3S/c30-33(31,28-18-5-2-6-19(12-18)29-13-24-25-14-29)21-10-9-17(11-20(21)15-7-8-15)22-26-23(32-27-22)16-3-1-4-16/h9-11,13-16,18-19,28H,1-8,12H2/t18-,19+/m0/s1. The Kier molecular flexibility index (Phi) is 5.29. The molecule has 0 unspecified atom stereocenters. The SMILES string of the molecule is O=S(=O)(N[C@H]1CCC[C@@H](n2cnnc2)C1)c1ccc(-c2noc(C3CCC3)n2)cc1C1CC1. The molecular weight excluding hydrogens is 440 g/mol. The number of benzene rings is 1. The molecule has 3 aliphatic carbocycles. The number of aromatic nitrogens is 5. The molecule has 9 nitrogen and oxygen atoms in total. The van der Waals surface area contributed by atoms with E-state index in [1.165, 1.54) is 6.42 Å². The Bertz CT molecular complexity index is 1230. The molecule has 10 heteroatoms. The maximum atomic E-state index is 13.4. The summed E-state index contributed by atoms with van der Waals surface area (Å²) in [7, 11) is -3.64. The summed E-state index contributed by atoms with van der Waals surface area (Å²) in [5.74, 6) is 1.88. The Morgan fingerprint density at radius 3 is 2.48 bits per heavy atom. The molecule has 0 amide bonds. The molecule has 33 heavy (non-hydrogen) atoms. The molecule has 174 valence electrons. The van der Waals surface area contributed by atoms with Crippen molar-refractivity contribution >= 4 is 10.0 Å². The largest absolute Gasteiger partial charge is 0.339 e. The second-order valence-corrected chi connectivity index (χ2v) is 11.3. The average Bonchev–Trinajstić information content (AvgIpc) is 3.26. The first-order valence-electron chi connectivity index (χ1n) is 11.9. The van der Waals surface area contributed by atoms with Gasteiger partial charge in [-0.15, -0.1) is 10.2 Å². The Morgan fingerprint density at radius 2 is 1.76 bits per heavy atom. The lowest BCUT2D eigenvalue weighted by atomic mass is 9.85. The van der Waals surface area contributed by atoms with Gasteiger partial charge in [-0.05, 0) is 81.0 Å². The van der Waals surface area contributed by atoms with Crippen molar-refractivity contribution < 1.29 is 12.9 Å². The highest BCUT2D eigenvalue weighted by molar-refractivity contribution is 7.89. The van der Waals surface area contributed by atoms with E-state index in [0.29, 0.717) is 22.5 Å². The Hall–Kier alpha value is -2.59. The Morgan fingerprint density at radius 1 is 0.970 bits per heavy atom. The first kappa shape index (κ1) is 21.0. The van der Waals surface area contributed by atoms with Crippen LogP contribution in [0.25, 0.3) is 11.4 Å². The highest BCUT2D eigenvalue weighted by Gasteiger charge is 2.34. The maximum Gasteiger partial charge on any atom is 0.241 e. The highest BCUT2D eigenvalue weighted by atomic mass is 32.2. The Balaban J connectivity index is 1.24. The van der Waals surface area contributed by atoms with E-state index in [1.54, 1.807) is 24.8 Å². The lowest BCUT2D eigenvalue weighted by molar-refractivity contribution is 0.292. The number of rotatable bonds is 7. The predicted octanol–water partition coefficient (Wildman–Crippen LogP) is 3.94. The van der Waals surface area contributed by atoms with E-state index in [0.717, 1.165) is 62.5 Å². The molecule has 0 saturated heterocycles. The van der Waals surface area contributed by atoms with Crippen molar-refractivity contribution in [1.82, 2.24) is 29.6 Å². The summed E-state index contributed by atoms with van der Waals surface area (Å²) in [6.45, 7) is 0. The van der Waals surface area contributed by atoms with Gasteiger partial charge < -0.3 is 9.09 Å². The van der Waals surface area contributed by atoms with Crippen LogP contribution in [0.2, 0.25) is 0 Å². The minimum absolute atomic E-state index is 0.106. The normalized spacial score (nSPS) is 24.0. The van der Waals surface area contributed by atoms with Crippen LogP contribution in [0.3, 0.4) is 0 Å². The smallest absolute Gasteiger partial charge is 0.241 e. The molecule has 2 aromatic heterocycles. The third kappa shape index (κ3) is 4.21. The number of sulfonamides is 1. The topological polar surface area (TPSA) is 116 Å². The monoisotopic (exact) mass is 468 g/mol. The number of nitrogens with zero attached hydrogens (tertiary/aromatic N) is 5. The van der Waals surface area contributed by atoms with E-state index in [1.807, 2.05) is 10.6 Å². The zero-order valence-corrected chi connectivity index (χ0v) is 19.2.